The van der Waals surface area contributed by atoms with Gasteiger partial charge in [0.1, 0.15) is 42.4 Å². The van der Waals surface area contributed by atoms with E-state index in [4.69, 9.17) is 14.2 Å². The van der Waals surface area contributed by atoms with Gasteiger partial charge >= 0.3 is 17.8 Å². The number of carbonyl (C=O) groups excluding carboxylic acids is 3. The summed E-state index contributed by atoms with van der Waals surface area (Å²) >= 11 is 0. The van der Waals surface area contributed by atoms with E-state index in [0.29, 0.717) is 6.42 Å². The smallest absolute Gasteiger partial charge is 0.408 e. The maximum absolute atomic E-state index is 12.9. The number of nitrogens with zero attached hydrogens (tertiary/aromatic N) is 2. The second-order valence-corrected chi connectivity index (χ2v) is 14.1. The van der Waals surface area contributed by atoms with Crippen molar-refractivity contribution in [2.75, 3.05) is 11.9 Å². The molecule has 1 aromatic heterocycles. The Balaban J connectivity index is 1.75. The molecule has 2 heterocycles. The number of carbonyl (C=O) groups is 3. The van der Waals surface area contributed by atoms with Crippen molar-refractivity contribution in [2.24, 2.45) is 5.92 Å². The first-order chi connectivity index (χ1) is 22.7. The molecule has 0 saturated carbocycles. The van der Waals surface area contributed by atoms with Crippen LogP contribution in [-0.2, 0) is 23.8 Å². The molecule has 1 saturated heterocycles. The average molecular weight is 681 g/mol. The van der Waals surface area contributed by atoms with Gasteiger partial charge in [0.15, 0.2) is 6.23 Å². The molecule has 1 aromatic rings. The number of aliphatic hydroxyl groups is 2. The molecular weight excluding hydrogens is 620 g/mol. The fourth-order valence-corrected chi connectivity index (χ4v) is 5.48. The third-order valence-corrected chi connectivity index (χ3v) is 8.21. The van der Waals surface area contributed by atoms with Crippen LogP contribution in [0, 0.1) is 5.92 Å². The predicted molar refractivity (Wildman–Crippen MR) is 182 cm³/mol. The summed E-state index contributed by atoms with van der Waals surface area (Å²) in [6.45, 7) is 10.6. The van der Waals surface area contributed by atoms with Crippen LogP contribution in [-0.4, -0.2) is 74.3 Å². The summed E-state index contributed by atoms with van der Waals surface area (Å²) < 4.78 is 17.2. The largest absolute Gasteiger partial charge is 0.463 e. The molecular formula is C35H60N4O9. The molecule has 2 rings (SSSR count). The van der Waals surface area contributed by atoms with Gasteiger partial charge in [-0.1, -0.05) is 97.8 Å². The normalized spacial score (nSPS) is 20.0. The van der Waals surface area contributed by atoms with Crippen LogP contribution in [0.5, 0.6) is 0 Å². The van der Waals surface area contributed by atoms with Gasteiger partial charge in [-0.25, -0.2) is 9.59 Å². The Hall–Kier alpha value is -3.03. The van der Waals surface area contributed by atoms with Gasteiger partial charge in [-0.05, 0) is 39.2 Å². The minimum absolute atomic E-state index is 0.0791. The van der Waals surface area contributed by atoms with Crippen LogP contribution in [0.1, 0.15) is 138 Å². The summed E-state index contributed by atoms with van der Waals surface area (Å²) in [6, 6.07) is 0.363. The van der Waals surface area contributed by atoms with Crippen LogP contribution in [0.2, 0.25) is 0 Å². The van der Waals surface area contributed by atoms with Crippen LogP contribution in [0.15, 0.2) is 17.1 Å². The molecule has 1 fully saturated rings. The molecule has 274 valence electrons. The predicted octanol–water partition coefficient (Wildman–Crippen LogP) is 5.37. The minimum Gasteiger partial charge on any atom is -0.463 e. The van der Waals surface area contributed by atoms with Crippen LogP contribution in [0.3, 0.4) is 0 Å². The van der Waals surface area contributed by atoms with Crippen molar-refractivity contribution in [1.29, 1.82) is 0 Å². The first kappa shape index (κ1) is 41.1. The van der Waals surface area contributed by atoms with Crippen molar-refractivity contribution in [2.45, 2.75) is 168 Å². The maximum atomic E-state index is 12.9. The van der Waals surface area contributed by atoms with Gasteiger partial charge in [-0.3, -0.25) is 14.2 Å². The first-order valence-electron chi connectivity index (χ1n) is 17.8. The van der Waals surface area contributed by atoms with E-state index in [-0.39, 0.29) is 24.8 Å². The van der Waals surface area contributed by atoms with E-state index >= 15 is 0 Å². The summed E-state index contributed by atoms with van der Waals surface area (Å²) in [5, 5.41) is 26.2. The zero-order valence-corrected chi connectivity index (χ0v) is 29.9. The van der Waals surface area contributed by atoms with Gasteiger partial charge in [0.2, 0.25) is 5.91 Å². The monoisotopic (exact) mass is 680 g/mol. The summed E-state index contributed by atoms with van der Waals surface area (Å²) in [5.74, 6) is -1.40. The van der Waals surface area contributed by atoms with Gasteiger partial charge in [-0.15, -0.1) is 0 Å². The average Bonchev–Trinajstić information content (AvgIpc) is 3.28. The van der Waals surface area contributed by atoms with Crippen LogP contribution in [0.25, 0.3) is 0 Å². The van der Waals surface area contributed by atoms with Crippen molar-refractivity contribution < 1.29 is 38.8 Å². The molecule has 0 bridgehead atoms. The fourth-order valence-electron chi connectivity index (χ4n) is 5.48. The molecule has 0 aliphatic carbocycles. The van der Waals surface area contributed by atoms with E-state index in [1.165, 1.54) is 70.1 Å². The van der Waals surface area contributed by atoms with E-state index in [2.05, 4.69) is 22.5 Å². The molecule has 13 heteroatoms. The van der Waals surface area contributed by atoms with Gasteiger partial charge in [0, 0.05) is 12.6 Å². The fraction of sp³-hybridized carbons (Fsp3) is 0.800. The minimum atomic E-state index is -1.49. The lowest BCUT2D eigenvalue weighted by Gasteiger charge is -2.25. The Morgan fingerprint density at radius 2 is 1.50 bits per heavy atom. The Morgan fingerprint density at radius 3 is 2.02 bits per heavy atom. The standard InChI is InChI=1S/C35H60N4O9/c1-7-8-9-10-11-12-13-14-15-16-17-18-19-20-27(40)46-23-25-29(41)30(42)32(47-25)39-22-21-26(37-33(39)44)36-31(43)28(24(2)3)38-34(45)48-35(4,5)6/h21-22,24-25,28-30,32,41-42H,7-20,23H2,1-6H3,(H,38,45)(H,36,37,43,44)/t25-,28+,29-,30+,32-/m1/s1. The quantitative estimate of drug-likeness (QED) is 0.0974. The van der Waals surface area contributed by atoms with Crippen molar-refractivity contribution in [3.8, 4) is 0 Å². The van der Waals surface area contributed by atoms with E-state index in [0.717, 1.165) is 23.8 Å². The molecule has 4 N–H and O–H groups in total. The Labute approximate surface area is 285 Å². The summed E-state index contributed by atoms with van der Waals surface area (Å²) in [4.78, 5) is 54.1. The number of amides is 2. The van der Waals surface area contributed by atoms with E-state index in [1.54, 1.807) is 34.6 Å². The third-order valence-electron chi connectivity index (χ3n) is 8.21. The Bertz CT molecular complexity index is 1180. The number of rotatable bonds is 21. The lowest BCUT2D eigenvalue weighted by molar-refractivity contribution is -0.150. The molecule has 0 radical (unpaired) electrons. The molecule has 0 unspecified atom stereocenters. The number of nitrogens with one attached hydrogen (secondary N) is 2. The molecule has 0 aromatic carbocycles. The lowest BCUT2D eigenvalue weighted by atomic mass is 10.0. The molecule has 13 nitrogen and oxygen atoms in total. The van der Waals surface area contributed by atoms with Crippen molar-refractivity contribution in [1.82, 2.24) is 14.9 Å². The number of hydrogen-bond donors (Lipinski definition) is 4. The zero-order valence-electron chi connectivity index (χ0n) is 29.9. The topological polar surface area (TPSA) is 178 Å². The van der Waals surface area contributed by atoms with Crippen LogP contribution in [0.4, 0.5) is 10.6 Å². The van der Waals surface area contributed by atoms with Crippen molar-refractivity contribution >= 4 is 23.8 Å². The van der Waals surface area contributed by atoms with Gasteiger partial charge in [0.25, 0.3) is 0 Å². The van der Waals surface area contributed by atoms with Gasteiger partial charge in [-0.2, -0.15) is 4.98 Å². The number of alkyl carbamates (subject to hydrolysis) is 1. The zero-order chi connectivity index (χ0) is 35.7. The number of unbranched alkanes of at least 4 members (excludes halogenated alkanes) is 12. The summed E-state index contributed by atoms with van der Waals surface area (Å²) in [5.41, 5.74) is -1.61. The first-order valence-corrected chi connectivity index (χ1v) is 17.8. The lowest BCUT2D eigenvalue weighted by Crippen LogP contribution is -2.48. The summed E-state index contributed by atoms with van der Waals surface area (Å²) in [7, 11) is 0. The number of hydrogen-bond acceptors (Lipinski definition) is 10. The number of anilines is 1. The van der Waals surface area contributed by atoms with Gasteiger partial charge in [0.05, 0.1) is 0 Å². The highest BCUT2D eigenvalue weighted by molar-refractivity contribution is 5.96. The summed E-state index contributed by atoms with van der Waals surface area (Å²) in [6.07, 6.45) is 11.2. The Kier molecular flexibility index (Phi) is 18.1. The molecule has 1 aliphatic heterocycles. The Morgan fingerprint density at radius 1 is 0.938 bits per heavy atom. The van der Waals surface area contributed by atoms with E-state index < -0.39 is 59.8 Å². The van der Waals surface area contributed by atoms with Crippen LogP contribution >= 0.6 is 0 Å². The van der Waals surface area contributed by atoms with Gasteiger partial charge < -0.3 is 35.1 Å². The van der Waals surface area contributed by atoms with Crippen LogP contribution < -0.4 is 16.3 Å². The van der Waals surface area contributed by atoms with E-state index in [9.17, 15) is 29.4 Å². The highest BCUT2D eigenvalue weighted by Gasteiger charge is 2.44. The second kappa shape index (κ2) is 21.1. The molecule has 1 aliphatic rings. The molecule has 5 atom stereocenters. The number of aliphatic hydroxyl groups excluding tert-OH is 2. The molecule has 48 heavy (non-hydrogen) atoms. The second-order valence-electron chi connectivity index (χ2n) is 14.1. The maximum Gasteiger partial charge on any atom is 0.408 e. The number of aromatic nitrogens is 2. The highest BCUT2D eigenvalue weighted by Crippen LogP contribution is 2.29. The molecule has 0 spiro atoms. The van der Waals surface area contributed by atoms with Crippen molar-refractivity contribution in [3.63, 3.8) is 0 Å². The SMILES string of the molecule is CCCCCCCCCCCCCCCC(=O)OC[C@H]1O[C@@H](n2ccc(NC(=O)[C@@H](NC(=O)OC(C)(C)C)C(C)C)nc2=O)[C@@H](O)[C@@H]1O. The highest BCUT2D eigenvalue weighted by atomic mass is 16.6. The third kappa shape index (κ3) is 15.0. The van der Waals surface area contributed by atoms with E-state index in [1.807, 2.05) is 0 Å². The number of ether oxygens (including phenoxy) is 3. The number of esters is 1. The van der Waals surface area contributed by atoms with Crippen molar-refractivity contribution in [3.05, 3.63) is 22.7 Å². The molecule has 2 amide bonds.